The fourth-order valence-electron chi connectivity index (χ4n) is 0.198. The Labute approximate surface area is 59.8 Å². The first-order valence-electron chi connectivity index (χ1n) is 2.71. The molecule has 0 rings (SSSR count). The molecule has 0 saturated carbocycles. The van der Waals surface area contributed by atoms with Crippen LogP contribution in [-0.4, -0.2) is 17.8 Å². The highest BCUT2D eigenvalue weighted by Crippen LogP contribution is 1.87. The molecular weight excluding hydrogens is 140 g/mol. The second-order valence-corrected chi connectivity index (χ2v) is 2.14. The normalized spacial score (nSPS) is 12.2. The molecule has 0 aliphatic carbocycles. The molecule has 0 spiro atoms. The molecule has 0 bridgehead atoms. The van der Waals surface area contributed by atoms with Crippen molar-refractivity contribution < 1.29 is 4.84 Å². The summed E-state index contributed by atoms with van der Waals surface area (Å²) < 4.78 is 0. The third kappa shape index (κ3) is 5.43. The van der Waals surface area contributed by atoms with Crippen LogP contribution in [0.15, 0.2) is 5.16 Å². The lowest BCUT2D eigenvalue weighted by molar-refractivity contribution is 0.0856. The summed E-state index contributed by atoms with van der Waals surface area (Å²) in [7, 11) is 0. The first-order valence-corrected chi connectivity index (χ1v) is 3.24. The summed E-state index contributed by atoms with van der Waals surface area (Å²) in [4.78, 5) is 4.77. The number of hydrogen-bond donors (Lipinski definition) is 1. The average molecular weight is 151 g/mol. The maximum atomic E-state index is 5.30. The van der Waals surface area contributed by atoms with Crippen LogP contribution >= 0.6 is 11.6 Å². The predicted molar refractivity (Wildman–Crippen MR) is 38.6 cm³/mol. The second-order valence-electron chi connectivity index (χ2n) is 1.87. The zero-order valence-corrected chi connectivity index (χ0v) is 6.35. The summed E-state index contributed by atoms with van der Waals surface area (Å²) in [6.07, 6.45) is 0.0618. The van der Waals surface area contributed by atoms with Crippen molar-refractivity contribution in [3.63, 3.8) is 0 Å². The Bertz CT molecular complexity index is 103. The summed E-state index contributed by atoms with van der Waals surface area (Å²) in [5, 5.41) is 3.50. The molecule has 0 aromatic carbocycles. The smallest absolute Gasteiger partial charge is 0.154 e. The van der Waals surface area contributed by atoms with Gasteiger partial charge in [0.05, 0.1) is 5.88 Å². The van der Waals surface area contributed by atoms with E-state index >= 15 is 0 Å². The van der Waals surface area contributed by atoms with E-state index in [9.17, 15) is 0 Å². The highest BCUT2D eigenvalue weighted by Gasteiger charge is 1.91. The summed E-state index contributed by atoms with van der Waals surface area (Å²) >= 11 is 5.30. The highest BCUT2D eigenvalue weighted by atomic mass is 35.5. The monoisotopic (exact) mass is 150 g/mol. The molecule has 54 valence electrons. The predicted octanol–water partition coefficient (Wildman–Crippen LogP) is 0.922. The van der Waals surface area contributed by atoms with Crippen molar-refractivity contribution in [2.24, 2.45) is 10.9 Å². The molecule has 0 aliphatic rings. The van der Waals surface area contributed by atoms with Crippen molar-refractivity contribution in [2.75, 3.05) is 5.88 Å². The Kier molecular flexibility index (Phi) is 4.22. The summed E-state index contributed by atoms with van der Waals surface area (Å²) in [5.74, 6) is 0.526. The molecule has 0 fully saturated rings. The van der Waals surface area contributed by atoms with E-state index in [-0.39, 0.29) is 12.0 Å². The van der Waals surface area contributed by atoms with E-state index < -0.39 is 0 Å². The van der Waals surface area contributed by atoms with Crippen molar-refractivity contribution in [3.05, 3.63) is 0 Å². The number of nitrogens with zero attached hydrogens (tertiary/aromatic N) is 1. The maximum Gasteiger partial charge on any atom is 0.154 e. The first kappa shape index (κ1) is 8.56. The van der Waals surface area contributed by atoms with Gasteiger partial charge < -0.3 is 10.6 Å². The fraction of sp³-hybridized carbons (Fsp3) is 0.800. The molecular formula is C5H11ClN2O. The van der Waals surface area contributed by atoms with Crippen LogP contribution in [0.3, 0.4) is 0 Å². The van der Waals surface area contributed by atoms with Crippen LogP contribution in [0.5, 0.6) is 0 Å². The molecule has 0 heterocycles. The summed E-state index contributed by atoms with van der Waals surface area (Å²) in [6.45, 7) is 3.73. The Morgan fingerprint density at radius 2 is 2.33 bits per heavy atom. The molecule has 3 nitrogen and oxygen atoms in total. The molecule has 4 heteroatoms. The second kappa shape index (κ2) is 4.44. The summed E-state index contributed by atoms with van der Waals surface area (Å²) in [6, 6.07) is 0. The van der Waals surface area contributed by atoms with Gasteiger partial charge in [0.25, 0.3) is 0 Å². The number of amidine groups is 1. The van der Waals surface area contributed by atoms with E-state index in [1.165, 1.54) is 0 Å². The van der Waals surface area contributed by atoms with Crippen LogP contribution in [0, 0.1) is 0 Å². The highest BCUT2D eigenvalue weighted by molar-refractivity contribution is 6.27. The topological polar surface area (TPSA) is 47.6 Å². The van der Waals surface area contributed by atoms with Crippen LogP contribution in [-0.2, 0) is 4.84 Å². The Morgan fingerprint density at radius 1 is 1.78 bits per heavy atom. The van der Waals surface area contributed by atoms with E-state index in [0.717, 1.165) is 0 Å². The minimum absolute atomic E-state index is 0.0618. The lowest BCUT2D eigenvalue weighted by Crippen LogP contribution is -2.14. The molecule has 0 atom stereocenters. The maximum absolute atomic E-state index is 5.30. The van der Waals surface area contributed by atoms with Gasteiger partial charge in [-0.2, -0.15) is 0 Å². The number of halogens is 1. The Hall–Kier alpha value is -0.440. The van der Waals surface area contributed by atoms with Crippen molar-refractivity contribution in [1.29, 1.82) is 0 Å². The molecule has 2 N–H and O–H groups in total. The van der Waals surface area contributed by atoms with Gasteiger partial charge in [0, 0.05) is 0 Å². The van der Waals surface area contributed by atoms with Crippen LogP contribution in [0.2, 0.25) is 0 Å². The van der Waals surface area contributed by atoms with E-state index in [1.807, 2.05) is 13.8 Å². The van der Waals surface area contributed by atoms with Crippen molar-refractivity contribution in [1.82, 2.24) is 0 Å². The largest absolute Gasteiger partial charge is 0.392 e. The number of rotatable bonds is 3. The van der Waals surface area contributed by atoms with E-state index in [1.54, 1.807) is 0 Å². The average Bonchev–Trinajstić information content (AvgIpc) is 1.83. The zero-order chi connectivity index (χ0) is 7.28. The lowest BCUT2D eigenvalue weighted by atomic mass is 10.5. The van der Waals surface area contributed by atoms with E-state index in [0.29, 0.717) is 5.84 Å². The lowest BCUT2D eigenvalue weighted by Gasteiger charge is -2.01. The number of alkyl halides is 1. The van der Waals surface area contributed by atoms with Gasteiger partial charge in [0.2, 0.25) is 0 Å². The van der Waals surface area contributed by atoms with Gasteiger partial charge in [0.15, 0.2) is 5.84 Å². The van der Waals surface area contributed by atoms with Crippen LogP contribution in [0.25, 0.3) is 0 Å². The van der Waals surface area contributed by atoms with Gasteiger partial charge in [-0.05, 0) is 13.8 Å². The Balaban J connectivity index is 3.43. The van der Waals surface area contributed by atoms with Crippen molar-refractivity contribution >= 4 is 17.4 Å². The molecule has 0 aromatic rings. The van der Waals surface area contributed by atoms with Crippen LogP contribution in [0.1, 0.15) is 13.8 Å². The van der Waals surface area contributed by atoms with Gasteiger partial charge in [0.1, 0.15) is 6.10 Å². The van der Waals surface area contributed by atoms with E-state index in [4.69, 9.17) is 22.2 Å². The third-order valence-electron chi connectivity index (χ3n) is 0.518. The third-order valence-corrected chi connectivity index (χ3v) is 0.792. The van der Waals surface area contributed by atoms with Crippen molar-refractivity contribution in [3.8, 4) is 0 Å². The number of nitrogens with two attached hydrogens (primary N) is 1. The Morgan fingerprint density at radius 3 is 2.67 bits per heavy atom. The number of hydrogen-bond acceptors (Lipinski definition) is 2. The van der Waals surface area contributed by atoms with Crippen molar-refractivity contribution in [2.45, 2.75) is 20.0 Å². The standard InChI is InChI=1S/C5H11ClN2O/c1-4(2)9-8-5(7)3-6/h4H,3H2,1-2H3,(H2,7,8). The molecule has 0 amide bonds. The van der Waals surface area contributed by atoms with Gasteiger partial charge in [-0.15, -0.1) is 11.6 Å². The number of oxime groups is 1. The quantitative estimate of drug-likeness (QED) is 0.282. The van der Waals surface area contributed by atoms with Crippen LogP contribution in [0.4, 0.5) is 0 Å². The SMILES string of the molecule is CC(C)ON=C(N)CCl. The van der Waals surface area contributed by atoms with Gasteiger partial charge >= 0.3 is 0 Å². The summed E-state index contributed by atoms with van der Waals surface area (Å²) in [5.41, 5.74) is 5.21. The van der Waals surface area contributed by atoms with Crippen LogP contribution < -0.4 is 5.73 Å². The molecule has 9 heavy (non-hydrogen) atoms. The fourth-order valence-corrected chi connectivity index (χ4v) is 0.246. The minimum Gasteiger partial charge on any atom is -0.392 e. The van der Waals surface area contributed by atoms with Gasteiger partial charge in [-0.3, -0.25) is 0 Å². The zero-order valence-electron chi connectivity index (χ0n) is 5.60. The molecule has 0 radical (unpaired) electrons. The molecule has 0 unspecified atom stereocenters. The molecule has 0 aromatic heterocycles. The van der Waals surface area contributed by atoms with Gasteiger partial charge in [-0.25, -0.2) is 0 Å². The molecule has 0 aliphatic heterocycles. The first-order chi connectivity index (χ1) is 4.16. The molecule has 0 saturated heterocycles. The van der Waals surface area contributed by atoms with E-state index in [2.05, 4.69) is 5.16 Å². The van der Waals surface area contributed by atoms with Gasteiger partial charge in [-0.1, -0.05) is 5.16 Å². The minimum atomic E-state index is 0.0618.